The van der Waals surface area contributed by atoms with Crippen LogP contribution in [0, 0.1) is 0 Å². The standard InChI is InChI=1S/C20H22N4O2S3/c25-29(26,24-11-5-2-6-12-24)18-9-10-19(21-13-18)27-14-17-15-28-20(23-17)22-16-7-3-1-4-8-16/h1,3-4,7-10,13,15H,2,5-6,11-12,14H2,(H,22,23). The van der Waals surface area contributed by atoms with E-state index in [9.17, 15) is 8.42 Å². The van der Waals surface area contributed by atoms with Gasteiger partial charge in [-0.2, -0.15) is 4.31 Å². The van der Waals surface area contributed by atoms with Crippen molar-refractivity contribution in [2.75, 3.05) is 18.4 Å². The van der Waals surface area contributed by atoms with Gasteiger partial charge in [0.05, 0.1) is 10.7 Å². The predicted molar refractivity (Wildman–Crippen MR) is 118 cm³/mol. The minimum Gasteiger partial charge on any atom is -0.332 e. The lowest BCUT2D eigenvalue weighted by Gasteiger charge is -2.25. The van der Waals surface area contributed by atoms with Crippen LogP contribution in [0.4, 0.5) is 10.8 Å². The van der Waals surface area contributed by atoms with Crippen molar-refractivity contribution in [1.29, 1.82) is 0 Å². The average molecular weight is 447 g/mol. The minimum absolute atomic E-state index is 0.270. The lowest BCUT2D eigenvalue weighted by molar-refractivity contribution is 0.346. The predicted octanol–water partition coefficient (Wildman–Crippen LogP) is 4.75. The molecular formula is C20H22N4O2S3. The van der Waals surface area contributed by atoms with Crippen molar-refractivity contribution in [2.24, 2.45) is 0 Å². The Balaban J connectivity index is 1.35. The van der Waals surface area contributed by atoms with Gasteiger partial charge in [0.15, 0.2) is 5.13 Å². The minimum atomic E-state index is -3.43. The molecule has 3 heterocycles. The van der Waals surface area contributed by atoms with E-state index < -0.39 is 10.0 Å². The fourth-order valence-corrected chi connectivity index (χ4v) is 6.12. The van der Waals surface area contributed by atoms with Crippen LogP contribution in [0.25, 0.3) is 0 Å². The smallest absolute Gasteiger partial charge is 0.244 e. The highest BCUT2D eigenvalue weighted by atomic mass is 32.2. The molecule has 0 bridgehead atoms. The number of thiazole rings is 1. The highest BCUT2D eigenvalue weighted by Crippen LogP contribution is 2.27. The second kappa shape index (κ2) is 9.25. The highest BCUT2D eigenvalue weighted by Gasteiger charge is 2.26. The van der Waals surface area contributed by atoms with Gasteiger partial charge in [-0.1, -0.05) is 24.6 Å². The van der Waals surface area contributed by atoms with Crippen LogP contribution in [0.1, 0.15) is 25.0 Å². The van der Waals surface area contributed by atoms with E-state index in [-0.39, 0.29) is 4.90 Å². The Bertz CT molecular complexity index is 1030. The molecule has 9 heteroatoms. The number of nitrogens with zero attached hydrogens (tertiary/aromatic N) is 3. The summed E-state index contributed by atoms with van der Waals surface area (Å²) >= 11 is 3.11. The van der Waals surface area contributed by atoms with Crippen LogP contribution in [0.3, 0.4) is 0 Å². The van der Waals surface area contributed by atoms with Crippen LogP contribution in [0.2, 0.25) is 0 Å². The Labute approximate surface area is 179 Å². The lowest BCUT2D eigenvalue weighted by atomic mass is 10.2. The van der Waals surface area contributed by atoms with Gasteiger partial charge in [-0.15, -0.1) is 23.1 Å². The maximum atomic E-state index is 12.7. The Morgan fingerprint density at radius 1 is 1.07 bits per heavy atom. The van der Waals surface area contributed by atoms with Crippen LogP contribution in [-0.2, 0) is 15.8 Å². The second-order valence-corrected chi connectivity index (χ2v) is 10.5. The lowest BCUT2D eigenvalue weighted by Crippen LogP contribution is -2.35. The largest absolute Gasteiger partial charge is 0.332 e. The Kier molecular flexibility index (Phi) is 6.49. The molecule has 4 rings (SSSR count). The molecule has 1 N–H and O–H groups in total. The zero-order valence-corrected chi connectivity index (χ0v) is 18.3. The van der Waals surface area contributed by atoms with Crippen molar-refractivity contribution in [3.8, 4) is 0 Å². The summed E-state index contributed by atoms with van der Waals surface area (Å²) in [4.78, 5) is 9.21. The topological polar surface area (TPSA) is 75.2 Å². The van der Waals surface area contributed by atoms with E-state index in [1.165, 1.54) is 6.20 Å². The van der Waals surface area contributed by atoms with E-state index in [1.807, 2.05) is 35.7 Å². The van der Waals surface area contributed by atoms with Gasteiger partial charge < -0.3 is 5.32 Å². The molecule has 152 valence electrons. The van der Waals surface area contributed by atoms with Gasteiger partial charge in [-0.25, -0.2) is 18.4 Å². The summed E-state index contributed by atoms with van der Waals surface area (Å²) in [6.45, 7) is 1.20. The fourth-order valence-electron chi connectivity index (χ4n) is 3.08. The number of hydrogen-bond acceptors (Lipinski definition) is 7. The summed E-state index contributed by atoms with van der Waals surface area (Å²) in [5.74, 6) is 0.679. The molecule has 0 radical (unpaired) electrons. The molecule has 0 saturated carbocycles. The number of thioether (sulfide) groups is 1. The van der Waals surface area contributed by atoms with Crippen molar-refractivity contribution in [3.05, 3.63) is 59.7 Å². The number of anilines is 2. The number of rotatable bonds is 7. The SMILES string of the molecule is O=S(=O)(c1ccc(SCc2csc(Nc3ccccc3)n2)nc1)N1CCCCC1. The van der Waals surface area contributed by atoms with E-state index in [2.05, 4.69) is 15.3 Å². The molecule has 0 spiro atoms. The number of piperidine rings is 1. The van der Waals surface area contributed by atoms with Gasteiger partial charge in [-0.3, -0.25) is 0 Å². The summed E-state index contributed by atoms with van der Waals surface area (Å²) in [7, 11) is -3.43. The summed E-state index contributed by atoms with van der Waals surface area (Å²) in [5, 5.41) is 6.95. The van der Waals surface area contributed by atoms with E-state index in [4.69, 9.17) is 0 Å². The van der Waals surface area contributed by atoms with Gasteiger partial charge >= 0.3 is 0 Å². The molecule has 1 aliphatic heterocycles. The molecule has 0 unspecified atom stereocenters. The number of sulfonamides is 1. The molecule has 6 nitrogen and oxygen atoms in total. The second-order valence-electron chi connectivity index (χ2n) is 6.72. The molecule has 1 aliphatic rings. The number of para-hydroxylation sites is 1. The molecule has 3 aromatic rings. The van der Waals surface area contributed by atoms with E-state index in [0.29, 0.717) is 18.8 Å². The molecule has 2 aromatic heterocycles. The van der Waals surface area contributed by atoms with Crippen LogP contribution < -0.4 is 5.32 Å². The molecule has 0 aliphatic carbocycles. The first kappa shape index (κ1) is 20.3. The summed E-state index contributed by atoms with van der Waals surface area (Å²) < 4.78 is 27.0. The number of benzene rings is 1. The van der Waals surface area contributed by atoms with Crippen LogP contribution in [0.5, 0.6) is 0 Å². The molecule has 1 fully saturated rings. The first-order valence-corrected chi connectivity index (χ1v) is 12.8. The summed E-state index contributed by atoms with van der Waals surface area (Å²) in [6, 6.07) is 13.4. The highest BCUT2D eigenvalue weighted by molar-refractivity contribution is 7.98. The zero-order valence-electron chi connectivity index (χ0n) is 15.8. The number of pyridine rings is 1. The van der Waals surface area contributed by atoms with Gasteiger partial charge in [0.1, 0.15) is 4.90 Å². The third-order valence-electron chi connectivity index (χ3n) is 4.61. The molecule has 29 heavy (non-hydrogen) atoms. The van der Waals surface area contributed by atoms with Gasteiger partial charge in [-0.05, 0) is 37.1 Å². The van der Waals surface area contributed by atoms with Gasteiger partial charge in [0.2, 0.25) is 10.0 Å². The van der Waals surface area contributed by atoms with E-state index >= 15 is 0 Å². The van der Waals surface area contributed by atoms with Crippen LogP contribution >= 0.6 is 23.1 Å². The number of hydrogen-bond donors (Lipinski definition) is 1. The van der Waals surface area contributed by atoms with E-state index in [0.717, 1.165) is 40.8 Å². The van der Waals surface area contributed by atoms with Gasteiger partial charge in [0.25, 0.3) is 0 Å². The third kappa shape index (κ3) is 5.16. The third-order valence-corrected chi connectivity index (χ3v) is 8.27. The normalized spacial score (nSPS) is 15.3. The maximum absolute atomic E-state index is 12.7. The molecule has 1 saturated heterocycles. The number of aromatic nitrogens is 2. The Morgan fingerprint density at radius 2 is 1.86 bits per heavy atom. The first-order valence-electron chi connectivity index (χ1n) is 9.47. The Hall–Kier alpha value is -1.94. The van der Waals surface area contributed by atoms with Crippen molar-refractivity contribution in [3.63, 3.8) is 0 Å². The van der Waals surface area contributed by atoms with Gasteiger partial charge in [0, 0.05) is 36.1 Å². The molecule has 0 atom stereocenters. The number of nitrogens with one attached hydrogen (secondary N) is 1. The first-order chi connectivity index (χ1) is 14.1. The van der Waals surface area contributed by atoms with Crippen molar-refractivity contribution in [1.82, 2.24) is 14.3 Å². The summed E-state index contributed by atoms with van der Waals surface area (Å²) in [6.07, 6.45) is 4.42. The fraction of sp³-hybridized carbons (Fsp3) is 0.300. The molecular weight excluding hydrogens is 424 g/mol. The van der Waals surface area contributed by atoms with Crippen LogP contribution in [-0.4, -0.2) is 35.8 Å². The maximum Gasteiger partial charge on any atom is 0.244 e. The summed E-state index contributed by atoms with van der Waals surface area (Å²) in [5.41, 5.74) is 1.97. The van der Waals surface area contributed by atoms with Crippen molar-refractivity contribution in [2.45, 2.75) is 34.9 Å². The molecule has 0 amide bonds. The van der Waals surface area contributed by atoms with Crippen molar-refractivity contribution < 1.29 is 8.42 Å². The monoisotopic (exact) mass is 446 g/mol. The van der Waals surface area contributed by atoms with E-state index in [1.54, 1.807) is 39.5 Å². The Morgan fingerprint density at radius 3 is 2.59 bits per heavy atom. The zero-order chi connectivity index (χ0) is 20.1. The average Bonchev–Trinajstić information content (AvgIpc) is 3.21. The quantitative estimate of drug-likeness (QED) is 0.528. The van der Waals surface area contributed by atoms with Crippen LogP contribution in [0.15, 0.2) is 64.0 Å². The molecule has 1 aromatic carbocycles. The van der Waals surface area contributed by atoms with Crippen molar-refractivity contribution >= 4 is 43.9 Å².